The fourth-order valence-corrected chi connectivity index (χ4v) is 3.59. The fourth-order valence-electron chi connectivity index (χ4n) is 1.28. The monoisotopic (exact) mass is 439 g/mol. The van der Waals surface area contributed by atoms with Crippen LogP contribution in [0.3, 0.4) is 0 Å². The van der Waals surface area contributed by atoms with E-state index in [1.807, 2.05) is 0 Å². The van der Waals surface area contributed by atoms with Gasteiger partial charge in [0.2, 0.25) is 0 Å². The van der Waals surface area contributed by atoms with E-state index in [0.717, 1.165) is 12.1 Å². The third kappa shape index (κ3) is 5.38. The second-order valence-electron chi connectivity index (χ2n) is 4.44. The minimum absolute atomic E-state index is 0. The van der Waals surface area contributed by atoms with Gasteiger partial charge in [0.05, 0.1) is 0 Å². The van der Waals surface area contributed by atoms with Crippen molar-refractivity contribution in [3.05, 3.63) is 36.4 Å². The van der Waals surface area contributed by atoms with Crippen LogP contribution < -0.4 is 8.86 Å². The van der Waals surface area contributed by atoms with E-state index in [-0.39, 0.29) is 18.9 Å². The van der Waals surface area contributed by atoms with Gasteiger partial charge >= 0.3 is 55.8 Å². The summed E-state index contributed by atoms with van der Waals surface area (Å²) in [5.74, 6) is -0.978. The zero-order chi connectivity index (χ0) is 20.6. The first-order valence-electron chi connectivity index (χ1n) is 5.98. The first-order chi connectivity index (χ1) is 11.5. The Morgan fingerprint density at radius 2 is 1.33 bits per heavy atom. The average Bonchev–Trinajstić information content (AvgIpc) is 2.45. The summed E-state index contributed by atoms with van der Waals surface area (Å²) in [4.78, 5) is 0. The summed E-state index contributed by atoms with van der Waals surface area (Å²) in [5, 5.41) is -6.38. The number of hydrogen-bond donors (Lipinski definition) is 1. The van der Waals surface area contributed by atoms with Crippen LogP contribution in [0.2, 0.25) is 0 Å². The Labute approximate surface area is 160 Å². The van der Waals surface area contributed by atoms with Crippen molar-refractivity contribution >= 4 is 45.0 Å². The maximum atomic E-state index is 13.6. The molecule has 0 aromatic heterocycles. The minimum atomic E-state index is -7.07. The van der Waals surface area contributed by atoms with E-state index in [0.29, 0.717) is 17.7 Å². The molecule has 6 nitrogen and oxygen atoms in total. The van der Waals surface area contributed by atoms with Gasteiger partial charge in [-0.3, -0.25) is 0 Å². The zero-order valence-corrected chi connectivity index (χ0v) is 13.7. The van der Waals surface area contributed by atoms with Gasteiger partial charge in [0.15, 0.2) is 0 Å². The molecule has 150 valence electrons. The molecular formula is C11H9F7LiNO5S2. The van der Waals surface area contributed by atoms with Crippen molar-refractivity contribution in [1.29, 1.82) is 0 Å². The Morgan fingerprint density at radius 1 is 0.889 bits per heavy atom. The van der Waals surface area contributed by atoms with Crippen LogP contribution in [-0.4, -0.2) is 52.6 Å². The van der Waals surface area contributed by atoms with E-state index in [1.165, 1.54) is 6.08 Å². The second kappa shape index (κ2) is 8.00. The molecular weight excluding hydrogens is 430 g/mol. The van der Waals surface area contributed by atoms with Crippen LogP contribution in [0.15, 0.2) is 30.8 Å². The fraction of sp³-hybridized carbons (Fsp3) is 0.273. The molecule has 0 amide bonds. The normalized spacial score (nSPS) is 13.6. The Hall–Kier alpha value is -1.27. The molecule has 16 heteroatoms. The molecule has 1 aromatic carbocycles. The van der Waals surface area contributed by atoms with Crippen molar-refractivity contribution in [1.82, 2.24) is 4.13 Å². The van der Waals surface area contributed by atoms with Gasteiger partial charge in [-0.2, -0.15) is 30.7 Å². The van der Waals surface area contributed by atoms with Gasteiger partial charge in [0.1, 0.15) is 5.75 Å². The number of ether oxygens (including phenoxy) is 1. The van der Waals surface area contributed by atoms with Crippen LogP contribution in [0.4, 0.5) is 30.7 Å². The summed E-state index contributed by atoms with van der Waals surface area (Å²) in [6.07, 6.45) is -4.68. The summed E-state index contributed by atoms with van der Waals surface area (Å²) >= 11 is 0. The number of alkyl halides is 7. The molecule has 0 bridgehead atoms. The Morgan fingerprint density at radius 3 is 1.70 bits per heavy atom. The van der Waals surface area contributed by atoms with Crippen LogP contribution in [-0.2, 0) is 20.0 Å². The van der Waals surface area contributed by atoms with Gasteiger partial charge in [0.25, 0.3) is 0 Å². The number of sulfonamides is 2. The Bertz CT molecular complexity index is 883. The van der Waals surface area contributed by atoms with Crippen LogP contribution in [0.5, 0.6) is 5.75 Å². The van der Waals surface area contributed by atoms with E-state index in [2.05, 4.69) is 11.3 Å². The van der Waals surface area contributed by atoms with Crippen molar-refractivity contribution in [2.45, 2.75) is 16.9 Å². The maximum absolute atomic E-state index is 13.6. The first-order valence-corrected chi connectivity index (χ1v) is 8.95. The number of benzene rings is 1. The number of rotatable bonds is 7. The molecule has 0 aliphatic rings. The summed E-state index contributed by atoms with van der Waals surface area (Å²) in [6, 6.07) is 3.57. The molecule has 0 heterocycles. The van der Waals surface area contributed by atoms with Crippen molar-refractivity contribution in [3.63, 3.8) is 0 Å². The number of hydrogen-bond acceptors (Lipinski definition) is 5. The standard InChI is InChI=1S/C11H8F7NO5S2.Li.H/c1-2-7-3-5-8(6-4-7)24-9(12,13)10(14,15)25(20,21)19-26(22,23)11(16,17)18;;/h2-6,19H,1H2;;. The summed E-state index contributed by atoms with van der Waals surface area (Å²) in [7, 11) is -14.0. The van der Waals surface area contributed by atoms with Crippen molar-refractivity contribution < 1.29 is 52.3 Å². The number of halogens is 7. The van der Waals surface area contributed by atoms with Gasteiger partial charge < -0.3 is 4.74 Å². The molecule has 0 aliphatic heterocycles. The van der Waals surface area contributed by atoms with E-state index in [1.54, 1.807) is 0 Å². The summed E-state index contributed by atoms with van der Waals surface area (Å²) in [6.45, 7) is 3.32. The molecule has 0 saturated carbocycles. The summed E-state index contributed by atoms with van der Waals surface area (Å²) in [5.41, 5.74) is -6.00. The van der Waals surface area contributed by atoms with Crippen LogP contribution in [0.1, 0.15) is 5.56 Å². The number of nitrogens with one attached hydrogen (secondary N) is 1. The van der Waals surface area contributed by atoms with Crippen LogP contribution >= 0.6 is 0 Å². The molecule has 1 N–H and O–H groups in total. The van der Waals surface area contributed by atoms with Crippen molar-refractivity contribution in [3.8, 4) is 5.75 Å². The van der Waals surface area contributed by atoms with E-state index >= 15 is 0 Å². The van der Waals surface area contributed by atoms with Gasteiger partial charge in [-0.05, 0) is 17.7 Å². The van der Waals surface area contributed by atoms with Crippen LogP contribution in [0.25, 0.3) is 6.08 Å². The van der Waals surface area contributed by atoms with Gasteiger partial charge in [-0.15, -0.1) is 0 Å². The molecule has 0 fully saturated rings. The SMILES string of the molecule is C=Cc1ccc(OC(F)(F)C(F)(F)S(=O)(=O)NS(=O)(=O)C(F)(F)F)cc1.[LiH]. The quantitative estimate of drug-likeness (QED) is 0.519. The van der Waals surface area contributed by atoms with E-state index < -0.39 is 46.8 Å². The predicted octanol–water partition coefficient (Wildman–Crippen LogP) is 2.01. The Kier molecular flexibility index (Phi) is 7.62. The van der Waals surface area contributed by atoms with Gasteiger partial charge in [-0.1, -0.05) is 28.9 Å². The molecule has 0 spiro atoms. The topological polar surface area (TPSA) is 89.5 Å². The summed E-state index contributed by atoms with van der Waals surface area (Å²) < 4.78 is 137. The molecule has 0 unspecified atom stereocenters. The predicted molar refractivity (Wildman–Crippen MR) is 81.2 cm³/mol. The van der Waals surface area contributed by atoms with Crippen molar-refractivity contribution in [2.75, 3.05) is 0 Å². The molecule has 0 saturated heterocycles. The van der Waals surface area contributed by atoms with E-state index in [4.69, 9.17) is 0 Å². The average molecular weight is 439 g/mol. The molecule has 0 aliphatic carbocycles. The zero-order valence-electron chi connectivity index (χ0n) is 12.1. The van der Waals surface area contributed by atoms with Gasteiger partial charge in [0, 0.05) is 0 Å². The molecule has 0 radical (unpaired) electrons. The van der Waals surface area contributed by atoms with Crippen LogP contribution in [0, 0.1) is 0 Å². The third-order valence-electron chi connectivity index (χ3n) is 2.56. The molecule has 27 heavy (non-hydrogen) atoms. The van der Waals surface area contributed by atoms with E-state index in [9.17, 15) is 47.6 Å². The molecule has 1 rings (SSSR count). The molecule has 0 atom stereocenters. The van der Waals surface area contributed by atoms with Crippen molar-refractivity contribution in [2.24, 2.45) is 0 Å². The third-order valence-corrected chi connectivity index (χ3v) is 5.84. The second-order valence-corrected chi connectivity index (χ2v) is 8.10. The Balaban J connectivity index is 0.00000676. The van der Waals surface area contributed by atoms with Gasteiger partial charge in [-0.25, -0.2) is 16.8 Å². The molecule has 1 aromatic rings. The first kappa shape index (κ1) is 25.7.